The molecule has 1 fully saturated rings. The lowest BCUT2D eigenvalue weighted by Gasteiger charge is -2.10. The SMILES string of the molecule is Cc1cn2cc(C(=O)O)cc(C3CNC(=O)O3)c2n1. The average Bonchev–Trinajstić information content (AvgIpc) is 2.92. The number of aromatic nitrogens is 2. The number of cyclic esters (lactones) is 1. The highest BCUT2D eigenvalue weighted by Crippen LogP contribution is 2.26. The van der Waals surface area contributed by atoms with Crippen LogP contribution in [0.15, 0.2) is 18.5 Å². The Morgan fingerprint density at radius 1 is 1.58 bits per heavy atom. The maximum Gasteiger partial charge on any atom is 0.407 e. The van der Waals surface area contributed by atoms with Crippen LogP contribution in [-0.4, -0.2) is 33.1 Å². The molecule has 0 aliphatic carbocycles. The first-order chi connectivity index (χ1) is 9.04. The molecule has 0 spiro atoms. The Morgan fingerprint density at radius 3 is 3.00 bits per heavy atom. The number of carboxylic acids is 1. The van der Waals surface area contributed by atoms with Crippen molar-refractivity contribution < 1.29 is 19.4 Å². The standard InChI is InChI=1S/C12H11N3O4/c1-6-4-15-5-7(11(16)17)2-8(10(15)14-6)9-3-13-12(18)19-9/h2,4-5,9H,3H2,1H3,(H,13,18)(H,16,17). The van der Waals surface area contributed by atoms with Gasteiger partial charge in [0.25, 0.3) is 0 Å². The van der Waals surface area contributed by atoms with Crippen LogP contribution < -0.4 is 5.32 Å². The number of nitrogens with zero attached hydrogens (tertiary/aromatic N) is 2. The van der Waals surface area contributed by atoms with Gasteiger partial charge in [0.1, 0.15) is 11.8 Å². The highest BCUT2D eigenvalue weighted by Gasteiger charge is 2.27. The maximum absolute atomic E-state index is 11.1. The fraction of sp³-hybridized carbons (Fsp3) is 0.250. The predicted octanol–water partition coefficient (Wildman–Crippen LogP) is 1.12. The van der Waals surface area contributed by atoms with Crippen molar-refractivity contribution in [1.82, 2.24) is 14.7 Å². The van der Waals surface area contributed by atoms with Crippen molar-refractivity contribution in [2.45, 2.75) is 13.0 Å². The number of rotatable bonds is 2. The third kappa shape index (κ3) is 1.88. The van der Waals surface area contributed by atoms with Gasteiger partial charge in [-0.2, -0.15) is 0 Å². The summed E-state index contributed by atoms with van der Waals surface area (Å²) in [7, 11) is 0. The summed E-state index contributed by atoms with van der Waals surface area (Å²) in [5.41, 5.74) is 2.08. The molecular weight excluding hydrogens is 250 g/mol. The molecule has 0 radical (unpaired) electrons. The summed E-state index contributed by atoms with van der Waals surface area (Å²) in [5, 5.41) is 11.7. The zero-order valence-electron chi connectivity index (χ0n) is 10.1. The largest absolute Gasteiger partial charge is 0.478 e. The molecule has 7 nitrogen and oxygen atoms in total. The third-order valence-corrected chi connectivity index (χ3v) is 2.98. The molecule has 1 aliphatic heterocycles. The van der Waals surface area contributed by atoms with Gasteiger partial charge < -0.3 is 19.6 Å². The number of carbonyl (C=O) groups excluding carboxylic acids is 1. The van der Waals surface area contributed by atoms with Gasteiger partial charge in [0.05, 0.1) is 17.8 Å². The smallest absolute Gasteiger partial charge is 0.407 e. The highest BCUT2D eigenvalue weighted by atomic mass is 16.6. The summed E-state index contributed by atoms with van der Waals surface area (Å²) in [6, 6.07) is 1.50. The lowest BCUT2D eigenvalue weighted by atomic mass is 10.1. The molecule has 0 saturated carbocycles. The molecule has 1 unspecified atom stereocenters. The summed E-state index contributed by atoms with van der Waals surface area (Å²) in [6.45, 7) is 2.12. The van der Waals surface area contributed by atoms with E-state index in [0.29, 0.717) is 17.8 Å². The molecule has 2 N–H and O–H groups in total. The quantitative estimate of drug-likeness (QED) is 0.845. The van der Waals surface area contributed by atoms with E-state index in [1.54, 1.807) is 10.6 Å². The van der Waals surface area contributed by atoms with Crippen molar-refractivity contribution in [2.75, 3.05) is 6.54 Å². The van der Waals surface area contributed by atoms with Gasteiger partial charge >= 0.3 is 12.1 Å². The van der Waals surface area contributed by atoms with Crippen molar-refractivity contribution in [2.24, 2.45) is 0 Å². The van der Waals surface area contributed by atoms with Gasteiger partial charge in [-0.3, -0.25) is 0 Å². The van der Waals surface area contributed by atoms with E-state index in [4.69, 9.17) is 9.84 Å². The van der Waals surface area contributed by atoms with Crippen molar-refractivity contribution in [1.29, 1.82) is 0 Å². The fourth-order valence-corrected chi connectivity index (χ4v) is 2.16. The minimum absolute atomic E-state index is 0.128. The van der Waals surface area contributed by atoms with E-state index in [-0.39, 0.29) is 5.56 Å². The van der Waals surface area contributed by atoms with E-state index in [1.807, 2.05) is 6.92 Å². The molecule has 0 bridgehead atoms. The second-order valence-corrected chi connectivity index (χ2v) is 4.38. The molecule has 2 aromatic heterocycles. The van der Waals surface area contributed by atoms with E-state index in [9.17, 15) is 9.59 Å². The van der Waals surface area contributed by atoms with Crippen LogP contribution in [0.1, 0.15) is 27.7 Å². The molecule has 3 heterocycles. The number of carbonyl (C=O) groups is 2. The van der Waals surface area contributed by atoms with E-state index < -0.39 is 18.2 Å². The van der Waals surface area contributed by atoms with Crippen molar-refractivity contribution in [3.63, 3.8) is 0 Å². The Labute approximate surface area is 107 Å². The molecule has 1 aliphatic rings. The second kappa shape index (κ2) is 3.98. The summed E-state index contributed by atoms with van der Waals surface area (Å²) in [5.74, 6) is -1.04. The first-order valence-electron chi connectivity index (χ1n) is 5.71. The van der Waals surface area contributed by atoms with Crippen LogP contribution in [0.25, 0.3) is 5.65 Å². The second-order valence-electron chi connectivity index (χ2n) is 4.38. The zero-order chi connectivity index (χ0) is 13.6. The minimum Gasteiger partial charge on any atom is -0.478 e. The summed E-state index contributed by atoms with van der Waals surface area (Å²) >= 11 is 0. The van der Waals surface area contributed by atoms with Gasteiger partial charge in [-0.25, -0.2) is 14.6 Å². The molecule has 2 aromatic rings. The van der Waals surface area contributed by atoms with Crippen molar-refractivity contribution in [3.8, 4) is 0 Å². The van der Waals surface area contributed by atoms with Crippen LogP contribution in [0.5, 0.6) is 0 Å². The van der Waals surface area contributed by atoms with Crippen LogP contribution in [0, 0.1) is 6.92 Å². The van der Waals surface area contributed by atoms with Gasteiger partial charge in [0.15, 0.2) is 0 Å². The number of aromatic carboxylic acids is 1. The number of fused-ring (bicyclic) bond motifs is 1. The third-order valence-electron chi connectivity index (χ3n) is 2.98. The monoisotopic (exact) mass is 261 g/mol. The molecule has 1 saturated heterocycles. The van der Waals surface area contributed by atoms with E-state index in [2.05, 4.69) is 10.3 Å². The predicted molar refractivity (Wildman–Crippen MR) is 64.1 cm³/mol. The van der Waals surface area contributed by atoms with Crippen LogP contribution in [0.3, 0.4) is 0 Å². The van der Waals surface area contributed by atoms with Gasteiger partial charge in [0.2, 0.25) is 0 Å². The zero-order valence-corrected chi connectivity index (χ0v) is 10.1. The summed E-state index contributed by atoms with van der Waals surface area (Å²) in [4.78, 5) is 26.6. The number of nitrogens with one attached hydrogen (secondary N) is 1. The van der Waals surface area contributed by atoms with Gasteiger partial charge in [0, 0.05) is 18.0 Å². The number of alkyl carbamates (subject to hydrolysis) is 1. The maximum atomic E-state index is 11.1. The molecule has 1 amide bonds. The lowest BCUT2D eigenvalue weighted by Crippen LogP contribution is -2.13. The number of ether oxygens (including phenoxy) is 1. The number of pyridine rings is 1. The number of imidazole rings is 1. The van der Waals surface area contributed by atoms with Crippen molar-refractivity contribution >= 4 is 17.7 Å². The first-order valence-corrected chi connectivity index (χ1v) is 5.71. The molecule has 1 atom stereocenters. The Morgan fingerprint density at radius 2 is 2.37 bits per heavy atom. The molecule has 3 rings (SSSR count). The number of carboxylic acid groups (broad SMARTS) is 1. The first kappa shape index (κ1) is 11.5. The topological polar surface area (TPSA) is 92.9 Å². The summed E-state index contributed by atoms with van der Waals surface area (Å²) in [6.07, 6.45) is 2.20. The summed E-state index contributed by atoms with van der Waals surface area (Å²) < 4.78 is 6.74. The number of aryl methyl sites for hydroxylation is 1. The van der Waals surface area contributed by atoms with Gasteiger partial charge in [-0.05, 0) is 13.0 Å². The normalized spacial score (nSPS) is 18.4. The van der Waals surface area contributed by atoms with Crippen LogP contribution in [0.2, 0.25) is 0 Å². The Hall–Kier alpha value is -2.57. The Balaban J connectivity index is 2.19. The molecular formula is C12H11N3O4. The van der Waals surface area contributed by atoms with E-state index in [1.165, 1.54) is 12.3 Å². The lowest BCUT2D eigenvalue weighted by molar-refractivity contribution is 0.0696. The van der Waals surface area contributed by atoms with E-state index >= 15 is 0 Å². The van der Waals surface area contributed by atoms with Crippen LogP contribution >= 0.6 is 0 Å². The number of hydrogen-bond acceptors (Lipinski definition) is 4. The molecule has 98 valence electrons. The number of hydrogen-bond donors (Lipinski definition) is 2. The molecule has 0 aromatic carbocycles. The van der Waals surface area contributed by atoms with E-state index in [0.717, 1.165) is 5.69 Å². The van der Waals surface area contributed by atoms with Crippen molar-refractivity contribution in [3.05, 3.63) is 35.3 Å². The Kier molecular flexibility index (Phi) is 2.41. The highest BCUT2D eigenvalue weighted by molar-refractivity contribution is 5.88. The minimum atomic E-state index is -1.04. The molecule has 7 heteroatoms. The van der Waals surface area contributed by atoms with Crippen LogP contribution in [0.4, 0.5) is 4.79 Å². The van der Waals surface area contributed by atoms with Gasteiger partial charge in [-0.1, -0.05) is 0 Å². The average molecular weight is 261 g/mol. The fourth-order valence-electron chi connectivity index (χ4n) is 2.16. The number of amides is 1. The Bertz CT molecular complexity index is 692. The van der Waals surface area contributed by atoms with Gasteiger partial charge in [-0.15, -0.1) is 0 Å². The molecule has 19 heavy (non-hydrogen) atoms. The van der Waals surface area contributed by atoms with Crippen LogP contribution in [-0.2, 0) is 4.74 Å².